The summed E-state index contributed by atoms with van der Waals surface area (Å²) in [6.45, 7) is 10.9. The Morgan fingerprint density at radius 1 is 0.630 bits per heavy atom. The monoisotopic (exact) mass is 634 g/mol. The summed E-state index contributed by atoms with van der Waals surface area (Å²) in [7, 11) is 1.29. The maximum absolute atomic E-state index is 12.6. The number of benzene rings is 3. The summed E-state index contributed by atoms with van der Waals surface area (Å²) >= 11 is 0. The van der Waals surface area contributed by atoms with Gasteiger partial charge >= 0.3 is 18.2 Å². The van der Waals surface area contributed by atoms with E-state index in [1.165, 1.54) is 7.11 Å². The molecule has 0 aromatic heterocycles. The van der Waals surface area contributed by atoms with Crippen LogP contribution in [0.25, 0.3) is 0 Å². The summed E-state index contributed by atoms with van der Waals surface area (Å²) in [5.41, 5.74) is 0.886. The first-order chi connectivity index (χ1) is 21.7. The van der Waals surface area contributed by atoms with Crippen LogP contribution in [0, 0.1) is 0 Å². The lowest BCUT2D eigenvalue weighted by Crippen LogP contribution is -2.43. The largest absolute Gasteiger partial charge is 0.491 e. The quantitative estimate of drug-likeness (QED) is 0.161. The summed E-state index contributed by atoms with van der Waals surface area (Å²) in [6, 6.07) is 23.2. The zero-order chi connectivity index (χ0) is 33.7. The normalized spacial score (nSPS) is 12.7. The van der Waals surface area contributed by atoms with Gasteiger partial charge in [0.15, 0.2) is 0 Å². The minimum Gasteiger partial charge on any atom is -0.491 e. The molecule has 0 unspecified atom stereocenters. The zero-order valence-corrected chi connectivity index (χ0v) is 27.8. The second kappa shape index (κ2) is 16.5. The average Bonchev–Trinajstić information content (AvgIpc) is 2.97. The lowest BCUT2D eigenvalue weighted by Gasteiger charge is -2.24. The number of methoxy groups -OCH3 is 1. The Morgan fingerprint density at radius 3 is 1.37 bits per heavy atom. The number of rotatable bonds is 13. The Kier molecular flexibility index (Phi) is 12.9. The van der Waals surface area contributed by atoms with Crippen LogP contribution in [0.2, 0.25) is 0 Å². The number of nitrogens with one attached hydrogen (secondary N) is 2. The standard InChI is InChI=1S/C36H46N2O8/c1-35(2,3)45-33(40)37-28(18-25-14-10-8-11-15-25)23-43-30-20-27(32(39)42-7)21-31(22-30)44-24-29(19-26-16-12-9-13-17-26)38-34(41)46-36(4,5)6/h8-17,20-22,28-29H,18-19,23-24H2,1-7H3,(H,37,40)(H,38,41)/t28-,29-/m0/s1. The van der Waals surface area contributed by atoms with E-state index in [1.807, 2.05) is 60.7 Å². The molecule has 0 radical (unpaired) electrons. The lowest BCUT2D eigenvalue weighted by molar-refractivity contribution is 0.0477. The molecule has 10 heteroatoms. The van der Waals surface area contributed by atoms with Gasteiger partial charge in [-0.15, -0.1) is 0 Å². The van der Waals surface area contributed by atoms with Gasteiger partial charge in [0, 0.05) is 6.07 Å². The van der Waals surface area contributed by atoms with Gasteiger partial charge in [-0.2, -0.15) is 0 Å². The van der Waals surface area contributed by atoms with E-state index >= 15 is 0 Å². The highest BCUT2D eigenvalue weighted by molar-refractivity contribution is 5.90. The topological polar surface area (TPSA) is 121 Å². The van der Waals surface area contributed by atoms with Gasteiger partial charge in [0.1, 0.15) is 35.9 Å². The van der Waals surface area contributed by atoms with E-state index in [0.717, 1.165) is 11.1 Å². The molecule has 0 aliphatic heterocycles. The average molecular weight is 635 g/mol. The van der Waals surface area contributed by atoms with Crippen LogP contribution in [0.1, 0.15) is 63.0 Å². The van der Waals surface area contributed by atoms with Gasteiger partial charge in [-0.25, -0.2) is 14.4 Å². The Morgan fingerprint density at radius 2 is 1.02 bits per heavy atom. The number of carbonyl (C=O) groups excluding carboxylic acids is 3. The van der Waals surface area contributed by atoms with Crippen molar-refractivity contribution in [3.63, 3.8) is 0 Å². The van der Waals surface area contributed by atoms with Crippen molar-refractivity contribution >= 4 is 18.2 Å². The Balaban J connectivity index is 1.79. The Hall–Kier alpha value is -4.73. The number of hydrogen-bond donors (Lipinski definition) is 2. The van der Waals surface area contributed by atoms with Crippen molar-refractivity contribution in [1.29, 1.82) is 0 Å². The molecule has 0 saturated carbocycles. The third kappa shape index (κ3) is 13.5. The third-order valence-electron chi connectivity index (χ3n) is 6.30. The van der Waals surface area contributed by atoms with E-state index in [4.69, 9.17) is 23.7 Å². The van der Waals surface area contributed by atoms with Crippen molar-refractivity contribution in [2.75, 3.05) is 20.3 Å². The van der Waals surface area contributed by atoms with Crippen molar-refractivity contribution in [2.24, 2.45) is 0 Å². The Labute approximate surface area is 271 Å². The van der Waals surface area contributed by atoms with E-state index in [2.05, 4.69) is 10.6 Å². The molecule has 0 heterocycles. The van der Waals surface area contributed by atoms with E-state index < -0.39 is 41.4 Å². The first kappa shape index (κ1) is 35.7. The van der Waals surface area contributed by atoms with E-state index in [1.54, 1.807) is 59.7 Å². The highest BCUT2D eigenvalue weighted by Gasteiger charge is 2.23. The van der Waals surface area contributed by atoms with Crippen molar-refractivity contribution in [3.8, 4) is 11.5 Å². The molecule has 0 aliphatic carbocycles. The van der Waals surface area contributed by atoms with Crippen molar-refractivity contribution in [1.82, 2.24) is 10.6 Å². The zero-order valence-electron chi connectivity index (χ0n) is 27.8. The third-order valence-corrected chi connectivity index (χ3v) is 6.30. The summed E-state index contributed by atoms with van der Waals surface area (Å²) in [5.74, 6) is 0.0963. The highest BCUT2D eigenvalue weighted by Crippen LogP contribution is 2.25. The molecule has 3 aromatic rings. The lowest BCUT2D eigenvalue weighted by atomic mass is 10.1. The molecular formula is C36H46N2O8. The van der Waals surface area contributed by atoms with Gasteiger partial charge in [0.2, 0.25) is 0 Å². The molecule has 0 aliphatic rings. The molecule has 2 amide bonds. The summed E-state index contributed by atoms with van der Waals surface area (Å²) in [5, 5.41) is 5.78. The summed E-state index contributed by atoms with van der Waals surface area (Å²) in [4.78, 5) is 37.8. The first-order valence-electron chi connectivity index (χ1n) is 15.2. The first-order valence-corrected chi connectivity index (χ1v) is 15.2. The summed E-state index contributed by atoms with van der Waals surface area (Å²) < 4.78 is 28.1. The number of amides is 2. The molecule has 46 heavy (non-hydrogen) atoms. The number of ether oxygens (including phenoxy) is 5. The SMILES string of the molecule is COC(=O)c1cc(OC[C@H](Cc2ccccc2)NC(=O)OC(C)(C)C)cc(OC[C@H](Cc2ccccc2)NC(=O)OC(C)(C)C)c1. The maximum Gasteiger partial charge on any atom is 0.408 e. The predicted molar refractivity (Wildman–Crippen MR) is 175 cm³/mol. The van der Waals surface area contributed by atoms with E-state index in [9.17, 15) is 14.4 Å². The van der Waals surface area contributed by atoms with Gasteiger partial charge in [-0.05, 0) is 77.6 Å². The maximum atomic E-state index is 12.6. The van der Waals surface area contributed by atoms with E-state index in [-0.39, 0.29) is 18.8 Å². The molecule has 0 spiro atoms. The fourth-order valence-corrected chi connectivity index (χ4v) is 4.42. The van der Waals surface area contributed by atoms with Crippen LogP contribution < -0.4 is 20.1 Å². The number of alkyl carbamates (subject to hydrolysis) is 2. The predicted octanol–water partition coefficient (Wildman–Crippen LogP) is 6.50. The molecule has 2 N–H and O–H groups in total. The molecule has 2 atom stereocenters. The summed E-state index contributed by atoms with van der Waals surface area (Å²) in [6.07, 6.45) is -0.160. The molecule has 0 fully saturated rings. The van der Waals surface area contributed by atoms with Crippen LogP contribution in [-0.2, 0) is 27.1 Å². The van der Waals surface area contributed by atoms with Crippen LogP contribution >= 0.6 is 0 Å². The minimum atomic E-state index is -0.667. The minimum absolute atomic E-state index is 0.0784. The molecular weight excluding hydrogens is 588 g/mol. The Bertz CT molecular complexity index is 1320. The van der Waals surface area contributed by atoms with Crippen LogP contribution in [0.4, 0.5) is 9.59 Å². The molecule has 248 valence electrons. The number of esters is 1. The molecule has 3 aromatic carbocycles. The van der Waals surface area contributed by atoms with Crippen molar-refractivity contribution in [2.45, 2.75) is 77.7 Å². The van der Waals surface area contributed by atoms with Gasteiger partial charge in [0.05, 0.1) is 24.8 Å². The fourth-order valence-electron chi connectivity index (χ4n) is 4.42. The molecule has 0 saturated heterocycles. The molecule has 0 bridgehead atoms. The van der Waals surface area contributed by atoms with Gasteiger partial charge in [-0.1, -0.05) is 60.7 Å². The van der Waals surface area contributed by atoms with Gasteiger partial charge in [0.25, 0.3) is 0 Å². The van der Waals surface area contributed by atoms with Gasteiger partial charge < -0.3 is 34.3 Å². The second-order valence-electron chi connectivity index (χ2n) is 12.9. The van der Waals surface area contributed by atoms with Crippen LogP contribution in [-0.4, -0.2) is 61.8 Å². The van der Waals surface area contributed by atoms with E-state index in [0.29, 0.717) is 24.3 Å². The number of carbonyl (C=O) groups is 3. The van der Waals surface area contributed by atoms with Crippen molar-refractivity contribution < 1.29 is 38.1 Å². The van der Waals surface area contributed by atoms with Crippen LogP contribution in [0.15, 0.2) is 78.9 Å². The second-order valence-corrected chi connectivity index (χ2v) is 12.9. The van der Waals surface area contributed by atoms with Gasteiger partial charge in [-0.3, -0.25) is 0 Å². The van der Waals surface area contributed by atoms with Crippen LogP contribution in [0.3, 0.4) is 0 Å². The smallest absolute Gasteiger partial charge is 0.408 e. The van der Waals surface area contributed by atoms with Crippen LogP contribution in [0.5, 0.6) is 11.5 Å². The highest BCUT2D eigenvalue weighted by atomic mass is 16.6. The number of hydrogen-bond acceptors (Lipinski definition) is 8. The van der Waals surface area contributed by atoms with Crippen molar-refractivity contribution in [3.05, 3.63) is 95.6 Å². The molecule has 10 nitrogen and oxygen atoms in total. The molecule has 3 rings (SSSR count). The fraction of sp³-hybridized carbons (Fsp3) is 0.417.